The van der Waals surface area contributed by atoms with Crippen LogP contribution in [0.4, 0.5) is 0 Å². The fraction of sp³-hybridized carbons (Fsp3) is 0.368. The fourth-order valence-electron chi connectivity index (χ4n) is 2.52. The lowest BCUT2D eigenvalue weighted by Crippen LogP contribution is -2.36. The first-order valence-electron chi connectivity index (χ1n) is 7.93. The molecule has 0 amide bonds. The quantitative estimate of drug-likeness (QED) is 0.699. The lowest BCUT2D eigenvalue weighted by atomic mass is 10.2. The van der Waals surface area contributed by atoms with E-state index in [9.17, 15) is 5.11 Å². The van der Waals surface area contributed by atoms with E-state index in [2.05, 4.69) is 58.7 Å². The van der Waals surface area contributed by atoms with Gasteiger partial charge in [0.05, 0.1) is 6.10 Å². The van der Waals surface area contributed by atoms with E-state index in [0.717, 1.165) is 26.2 Å². The highest BCUT2D eigenvalue weighted by Gasteiger charge is 2.08. The number of aliphatic hydroxyl groups is 1. The fourth-order valence-corrected chi connectivity index (χ4v) is 2.52. The summed E-state index contributed by atoms with van der Waals surface area (Å²) in [6.07, 6.45) is -0.308. The lowest BCUT2D eigenvalue weighted by Gasteiger charge is -2.24. The van der Waals surface area contributed by atoms with Crippen molar-refractivity contribution in [1.29, 1.82) is 0 Å². The third-order valence-corrected chi connectivity index (χ3v) is 3.55. The summed E-state index contributed by atoms with van der Waals surface area (Å²) in [4.78, 5) is 2.29. The molecule has 118 valence electrons. The van der Waals surface area contributed by atoms with E-state index < -0.39 is 0 Å². The zero-order valence-corrected chi connectivity index (χ0v) is 13.3. The van der Waals surface area contributed by atoms with Gasteiger partial charge in [-0.1, -0.05) is 60.7 Å². The van der Waals surface area contributed by atoms with Crippen LogP contribution >= 0.6 is 0 Å². The van der Waals surface area contributed by atoms with E-state index in [1.54, 1.807) is 0 Å². The number of nitrogens with zero attached hydrogens (tertiary/aromatic N) is 1. The first kappa shape index (κ1) is 16.7. The molecule has 0 bridgehead atoms. The molecular weight excluding hydrogens is 272 g/mol. The van der Waals surface area contributed by atoms with Gasteiger partial charge in [0.25, 0.3) is 0 Å². The van der Waals surface area contributed by atoms with Gasteiger partial charge in [0.2, 0.25) is 0 Å². The van der Waals surface area contributed by atoms with E-state index >= 15 is 0 Å². The number of nitrogens with one attached hydrogen (secondary N) is 1. The van der Waals surface area contributed by atoms with Crippen LogP contribution in [0.3, 0.4) is 0 Å². The highest BCUT2D eigenvalue weighted by atomic mass is 16.3. The van der Waals surface area contributed by atoms with Gasteiger partial charge in [-0.15, -0.1) is 0 Å². The Labute approximate surface area is 133 Å². The Kier molecular flexibility index (Phi) is 7.10. The van der Waals surface area contributed by atoms with E-state index in [0.29, 0.717) is 6.54 Å². The number of aliphatic hydroxyl groups excluding tert-OH is 1. The summed E-state index contributed by atoms with van der Waals surface area (Å²) in [6, 6.07) is 20.8. The molecule has 0 aromatic heterocycles. The molecule has 0 saturated heterocycles. The van der Waals surface area contributed by atoms with E-state index in [-0.39, 0.29) is 6.10 Å². The molecule has 0 aliphatic heterocycles. The molecule has 0 radical (unpaired) electrons. The first-order chi connectivity index (χ1) is 10.7. The van der Waals surface area contributed by atoms with E-state index in [1.165, 1.54) is 11.1 Å². The average molecular weight is 298 g/mol. The van der Waals surface area contributed by atoms with Gasteiger partial charge >= 0.3 is 0 Å². The molecule has 1 atom stereocenters. The third kappa shape index (κ3) is 6.39. The molecule has 0 saturated carbocycles. The van der Waals surface area contributed by atoms with Gasteiger partial charge in [-0.05, 0) is 18.1 Å². The van der Waals surface area contributed by atoms with Crippen LogP contribution in [0.2, 0.25) is 0 Å². The zero-order chi connectivity index (χ0) is 15.6. The summed E-state index contributed by atoms with van der Waals surface area (Å²) in [5, 5.41) is 13.1. The minimum absolute atomic E-state index is 0.308. The first-order valence-corrected chi connectivity index (χ1v) is 7.93. The molecule has 3 nitrogen and oxygen atoms in total. The summed E-state index contributed by atoms with van der Waals surface area (Å²) < 4.78 is 0. The van der Waals surface area contributed by atoms with Crippen LogP contribution in [0.15, 0.2) is 60.7 Å². The number of hydrogen-bond acceptors (Lipinski definition) is 3. The molecule has 0 aliphatic carbocycles. The Morgan fingerprint density at radius 2 is 1.55 bits per heavy atom. The zero-order valence-electron chi connectivity index (χ0n) is 13.3. The van der Waals surface area contributed by atoms with Crippen molar-refractivity contribution < 1.29 is 5.11 Å². The highest BCUT2D eigenvalue weighted by Crippen LogP contribution is 2.05. The van der Waals surface area contributed by atoms with Crippen LogP contribution in [0.25, 0.3) is 0 Å². The van der Waals surface area contributed by atoms with Crippen molar-refractivity contribution in [1.82, 2.24) is 10.2 Å². The molecule has 0 fully saturated rings. The minimum Gasteiger partial charge on any atom is -0.392 e. The Bertz CT molecular complexity index is 513. The second kappa shape index (κ2) is 9.36. The molecule has 0 spiro atoms. The van der Waals surface area contributed by atoms with Crippen LogP contribution in [0.5, 0.6) is 0 Å². The molecule has 2 aromatic rings. The smallest absolute Gasteiger partial charge is 0.0639 e. The lowest BCUT2D eigenvalue weighted by molar-refractivity contribution is 0.123. The van der Waals surface area contributed by atoms with Gasteiger partial charge < -0.3 is 10.4 Å². The van der Waals surface area contributed by atoms with E-state index in [4.69, 9.17) is 0 Å². The standard InChI is InChI=1S/C19H26N2O/c1-17(22)15-21(16-19-10-6-3-7-11-19)13-12-20-14-18-8-4-2-5-9-18/h2-11,17,20,22H,12-16H2,1H3/t17-/m1/s1. The SMILES string of the molecule is C[C@@H](O)CN(CCNCc1ccccc1)Cc1ccccc1. The Balaban J connectivity index is 1.77. The molecule has 0 heterocycles. The van der Waals surface area contributed by atoms with E-state index in [1.807, 2.05) is 19.1 Å². The van der Waals surface area contributed by atoms with Crippen molar-refractivity contribution in [3.63, 3.8) is 0 Å². The summed E-state index contributed by atoms with van der Waals surface area (Å²) in [6.45, 7) is 6.13. The van der Waals surface area contributed by atoms with Gasteiger partial charge in [-0.25, -0.2) is 0 Å². The van der Waals surface area contributed by atoms with Crippen molar-refractivity contribution in [3.8, 4) is 0 Å². The van der Waals surface area contributed by atoms with Crippen LogP contribution in [0, 0.1) is 0 Å². The monoisotopic (exact) mass is 298 g/mol. The topological polar surface area (TPSA) is 35.5 Å². The Hall–Kier alpha value is -1.68. The second-order valence-electron chi connectivity index (χ2n) is 5.73. The molecule has 3 heteroatoms. The summed E-state index contributed by atoms with van der Waals surface area (Å²) in [5.74, 6) is 0. The molecule has 2 N–H and O–H groups in total. The minimum atomic E-state index is -0.308. The number of rotatable bonds is 9. The predicted octanol–water partition coefficient (Wildman–Crippen LogP) is 2.66. The highest BCUT2D eigenvalue weighted by molar-refractivity contribution is 5.15. The van der Waals surface area contributed by atoms with Crippen molar-refractivity contribution in [2.24, 2.45) is 0 Å². The van der Waals surface area contributed by atoms with Crippen LogP contribution < -0.4 is 5.32 Å². The largest absolute Gasteiger partial charge is 0.392 e. The molecular formula is C19H26N2O. The van der Waals surface area contributed by atoms with Gasteiger partial charge in [-0.3, -0.25) is 4.90 Å². The average Bonchev–Trinajstić information content (AvgIpc) is 2.53. The second-order valence-corrected chi connectivity index (χ2v) is 5.73. The maximum Gasteiger partial charge on any atom is 0.0639 e. The molecule has 2 rings (SSSR count). The Morgan fingerprint density at radius 3 is 2.14 bits per heavy atom. The normalized spacial score (nSPS) is 12.5. The summed E-state index contributed by atoms with van der Waals surface area (Å²) >= 11 is 0. The third-order valence-electron chi connectivity index (χ3n) is 3.55. The summed E-state index contributed by atoms with van der Waals surface area (Å²) in [5.41, 5.74) is 2.58. The van der Waals surface area contributed by atoms with Crippen molar-refractivity contribution >= 4 is 0 Å². The molecule has 22 heavy (non-hydrogen) atoms. The van der Waals surface area contributed by atoms with Crippen molar-refractivity contribution in [2.45, 2.75) is 26.1 Å². The molecule has 0 unspecified atom stereocenters. The van der Waals surface area contributed by atoms with Crippen LogP contribution in [0.1, 0.15) is 18.1 Å². The van der Waals surface area contributed by atoms with Gasteiger partial charge in [0, 0.05) is 32.7 Å². The number of benzene rings is 2. The van der Waals surface area contributed by atoms with Gasteiger partial charge in [-0.2, -0.15) is 0 Å². The van der Waals surface area contributed by atoms with Crippen LogP contribution in [-0.4, -0.2) is 35.7 Å². The van der Waals surface area contributed by atoms with Gasteiger partial charge in [0.1, 0.15) is 0 Å². The molecule has 0 aliphatic rings. The maximum atomic E-state index is 9.67. The van der Waals surface area contributed by atoms with Gasteiger partial charge in [0.15, 0.2) is 0 Å². The Morgan fingerprint density at radius 1 is 0.955 bits per heavy atom. The molecule has 2 aromatic carbocycles. The number of hydrogen-bond donors (Lipinski definition) is 2. The maximum absolute atomic E-state index is 9.67. The van der Waals surface area contributed by atoms with Crippen LogP contribution in [-0.2, 0) is 13.1 Å². The van der Waals surface area contributed by atoms with Crippen molar-refractivity contribution in [2.75, 3.05) is 19.6 Å². The van der Waals surface area contributed by atoms with Crippen molar-refractivity contribution in [3.05, 3.63) is 71.8 Å². The summed E-state index contributed by atoms with van der Waals surface area (Å²) in [7, 11) is 0. The predicted molar refractivity (Wildman–Crippen MR) is 91.5 cm³/mol.